The lowest BCUT2D eigenvalue weighted by atomic mass is 9.84. The molecule has 1 aromatic heterocycles. The molecule has 1 rings (SSSR count). The van der Waals surface area contributed by atoms with Gasteiger partial charge in [0.2, 0.25) is 0 Å². The van der Waals surface area contributed by atoms with Crippen molar-refractivity contribution in [1.82, 2.24) is 10.5 Å². The van der Waals surface area contributed by atoms with Crippen molar-refractivity contribution in [3.8, 4) is 0 Å². The first-order valence-electron chi connectivity index (χ1n) is 5.71. The zero-order valence-electron chi connectivity index (χ0n) is 10.8. The Hall–Kier alpha value is -1.85. The van der Waals surface area contributed by atoms with Crippen LogP contribution in [0.3, 0.4) is 0 Å². The van der Waals surface area contributed by atoms with E-state index in [1.807, 2.05) is 20.8 Å². The molecule has 1 amide bonds. The summed E-state index contributed by atoms with van der Waals surface area (Å²) in [5.74, 6) is -1.95. The van der Waals surface area contributed by atoms with E-state index >= 15 is 0 Å². The van der Waals surface area contributed by atoms with Gasteiger partial charge in [-0.2, -0.15) is 0 Å². The molecule has 1 atom stereocenters. The van der Waals surface area contributed by atoms with Gasteiger partial charge < -0.3 is 14.9 Å². The zero-order valence-corrected chi connectivity index (χ0v) is 10.8. The fourth-order valence-electron chi connectivity index (χ4n) is 1.62. The summed E-state index contributed by atoms with van der Waals surface area (Å²) in [6.07, 6.45) is 1.78. The summed E-state index contributed by atoms with van der Waals surface area (Å²) in [5.41, 5.74) is 0.0386. The van der Waals surface area contributed by atoms with Crippen LogP contribution in [0.15, 0.2) is 16.9 Å². The van der Waals surface area contributed by atoms with Crippen molar-refractivity contribution in [3.05, 3.63) is 18.0 Å². The van der Waals surface area contributed by atoms with Crippen molar-refractivity contribution >= 4 is 11.9 Å². The molecule has 0 aliphatic carbocycles. The molecule has 1 aromatic rings. The SMILES string of the molecule is CC(C)(C)CC(CNC(=O)c1ccon1)C(=O)O. The van der Waals surface area contributed by atoms with Gasteiger partial charge in [0.25, 0.3) is 5.91 Å². The number of carbonyl (C=O) groups excluding carboxylic acids is 1. The molecule has 0 aliphatic rings. The van der Waals surface area contributed by atoms with Crippen molar-refractivity contribution in [2.75, 3.05) is 6.54 Å². The number of nitrogens with zero attached hydrogens (tertiary/aromatic N) is 1. The topological polar surface area (TPSA) is 92.4 Å². The zero-order chi connectivity index (χ0) is 13.8. The number of hydrogen-bond acceptors (Lipinski definition) is 4. The lowest BCUT2D eigenvalue weighted by Gasteiger charge is -2.23. The summed E-state index contributed by atoms with van der Waals surface area (Å²) >= 11 is 0. The Morgan fingerprint density at radius 3 is 2.61 bits per heavy atom. The highest BCUT2D eigenvalue weighted by Crippen LogP contribution is 2.24. The number of carboxylic acids is 1. The Morgan fingerprint density at radius 2 is 2.17 bits per heavy atom. The van der Waals surface area contributed by atoms with Gasteiger partial charge in [-0.1, -0.05) is 25.9 Å². The second-order valence-corrected chi connectivity index (χ2v) is 5.39. The summed E-state index contributed by atoms with van der Waals surface area (Å²) < 4.78 is 4.54. The smallest absolute Gasteiger partial charge is 0.308 e. The molecule has 18 heavy (non-hydrogen) atoms. The highest BCUT2D eigenvalue weighted by molar-refractivity contribution is 5.92. The maximum Gasteiger partial charge on any atom is 0.308 e. The van der Waals surface area contributed by atoms with Crippen LogP contribution >= 0.6 is 0 Å². The minimum atomic E-state index is -0.912. The van der Waals surface area contributed by atoms with Crippen LogP contribution in [0.4, 0.5) is 0 Å². The van der Waals surface area contributed by atoms with E-state index < -0.39 is 17.8 Å². The van der Waals surface area contributed by atoms with Gasteiger partial charge in [-0.15, -0.1) is 0 Å². The number of nitrogens with one attached hydrogen (secondary N) is 1. The summed E-state index contributed by atoms with van der Waals surface area (Å²) in [5, 5.41) is 15.1. The van der Waals surface area contributed by atoms with Crippen molar-refractivity contribution in [3.63, 3.8) is 0 Å². The Balaban J connectivity index is 2.53. The molecular weight excluding hydrogens is 236 g/mol. The molecule has 0 saturated heterocycles. The van der Waals surface area contributed by atoms with E-state index in [1.165, 1.54) is 12.3 Å². The van der Waals surface area contributed by atoms with Crippen LogP contribution in [0.2, 0.25) is 0 Å². The van der Waals surface area contributed by atoms with Gasteiger partial charge in [0.15, 0.2) is 5.69 Å². The van der Waals surface area contributed by atoms with Crippen molar-refractivity contribution in [2.24, 2.45) is 11.3 Å². The van der Waals surface area contributed by atoms with Gasteiger partial charge in [-0.25, -0.2) is 0 Å². The van der Waals surface area contributed by atoms with Gasteiger partial charge in [-0.3, -0.25) is 9.59 Å². The molecule has 6 nitrogen and oxygen atoms in total. The van der Waals surface area contributed by atoms with E-state index in [2.05, 4.69) is 15.0 Å². The van der Waals surface area contributed by atoms with Crippen LogP contribution in [0.25, 0.3) is 0 Å². The van der Waals surface area contributed by atoms with Crippen molar-refractivity contribution < 1.29 is 19.2 Å². The largest absolute Gasteiger partial charge is 0.481 e. The maximum absolute atomic E-state index is 11.6. The molecule has 0 radical (unpaired) electrons. The van der Waals surface area contributed by atoms with Crippen LogP contribution in [-0.4, -0.2) is 28.7 Å². The van der Waals surface area contributed by atoms with Gasteiger partial charge in [-0.05, 0) is 11.8 Å². The van der Waals surface area contributed by atoms with Gasteiger partial charge in [0.1, 0.15) is 6.26 Å². The summed E-state index contributed by atoms with van der Waals surface area (Å²) in [4.78, 5) is 22.7. The maximum atomic E-state index is 11.6. The first-order chi connectivity index (χ1) is 8.29. The highest BCUT2D eigenvalue weighted by Gasteiger charge is 2.25. The quantitative estimate of drug-likeness (QED) is 0.831. The average molecular weight is 254 g/mol. The molecule has 0 aliphatic heterocycles. The fourth-order valence-corrected chi connectivity index (χ4v) is 1.62. The van der Waals surface area contributed by atoms with Crippen molar-refractivity contribution in [2.45, 2.75) is 27.2 Å². The molecule has 0 aromatic carbocycles. The fraction of sp³-hybridized carbons (Fsp3) is 0.583. The molecule has 6 heteroatoms. The van der Waals surface area contributed by atoms with Crippen LogP contribution < -0.4 is 5.32 Å². The Labute approximate surface area is 105 Å². The van der Waals surface area contributed by atoms with Crippen LogP contribution in [0.1, 0.15) is 37.7 Å². The number of aromatic nitrogens is 1. The number of carboxylic acid groups (broad SMARTS) is 1. The minimum absolute atomic E-state index is 0.0816. The van der Waals surface area contributed by atoms with Gasteiger partial charge in [0, 0.05) is 12.6 Å². The van der Waals surface area contributed by atoms with Crippen LogP contribution in [0, 0.1) is 11.3 Å². The summed E-state index contributed by atoms with van der Waals surface area (Å²) in [7, 11) is 0. The normalized spacial score (nSPS) is 13.1. The lowest BCUT2D eigenvalue weighted by molar-refractivity contribution is -0.142. The van der Waals surface area contributed by atoms with Gasteiger partial charge in [0.05, 0.1) is 5.92 Å². The third-order valence-electron chi connectivity index (χ3n) is 2.39. The van der Waals surface area contributed by atoms with Gasteiger partial charge >= 0.3 is 5.97 Å². The lowest BCUT2D eigenvalue weighted by Crippen LogP contribution is -2.35. The van der Waals surface area contributed by atoms with E-state index in [-0.39, 0.29) is 17.7 Å². The van der Waals surface area contributed by atoms with E-state index in [0.29, 0.717) is 6.42 Å². The molecule has 1 heterocycles. The van der Waals surface area contributed by atoms with E-state index in [1.54, 1.807) is 0 Å². The molecule has 100 valence electrons. The first-order valence-corrected chi connectivity index (χ1v) is 5.71. The summed E-state index contributed by atoms with van der Waals surface area (Å²) in [6.45, 7) is 5.96. The number of aliphatic carboxylic acids is 1. The second kappa shape index (κ2) is 5.66. The third-order valence-corrected chi connectivity index (χ3v) is 2.39. The minimum Gasteiger partial charge on any atom is -0.481 e. The first kappa shape index (κ1) is 14.2. The predicted molar refractivity (Wildman–Crippen MR) is 64.0 cm³/mol. The molecule has 2 N–H and O–H groups in total. The number of hydrogen-bond donors (Lipinski definition) is 2. The molecule has 0 spiro atoms. The molecule has 1 unspecified atom stereocenters. The van der Waals surface area contributed by atoms with E-state index in [0.717, 1.165) is 0 Å². The monoisotopic (exact) mass is 254 g/mol. The second-order valence-electron chi connectivity index (χ2n) is 5.39. The molecule has 0 saturated carbocycles. The summed E-state index contributed by atoms with van der Waals surface area (Å²) in [6, 6.07) is 1.43. The average Bonchev–Trinajstić information content (AvgIpc) is 2.75. The van der Waals surface area contributed by atoms with E-state index in [4.69, 9.17) is 5.11 Å². The standard InChI is InChI=1S/C12H18N2O4/c1-12(2,3)6-8(11(16)17)7-13-10(15)9-4-5-18-14-9/h4-5,8H,6-7H2,1-3H3,(H,13,15)(H,16,17). The Bertz CT molecular complexity index is 406. The number of carbonyl (C=O) groups is 2. The predicted octanol–water partition coefficient (Wildman–Crippen LogP) is 1.54. The van der Waals surface area contributed by atoms with Crippen molar-refractivity contribution in [1.29, 1.82) is 0 Å². The third kappa shape index (κ3) is 4.57. The molecule has 0 bridgehead atoms. The molecular formula is C12H18N2O4. The number of amides is 1. The number of rotatable bonds is 5. The molecule has 0 fully saturated rings. The van der Waals surface area contributed by atoms with Crippen LogP contribution in [0.5, 0.6) is 0 Å². The Kier molecular flexibility index (Phi) is 4.47. The highest BCUT2D eigenvalue weighted by atomic mass is 16.5. The Morgan fingerprint density at radius 1 is 1.50 bits per heavy atom. The van der Waals surface area contributed by atoms with E-state index in [9.17, 15) is 9.59 Å². The van der Waals surface area contributed by atoms with Crippen LogP contribution in [-0.2, 0) is 4.79 Å².